The number of aliphatic hydroxyl groups is 1. The van der Waals surface area contributed by atoms with E-state index in [-0.39, 0.29) is 43.5 Å². The molecule has 0 atom stereocenters. The van der Waals surface area contributed by atoms with E-state index in [4.69, 9.17) is 2.74 Å². The molecule has 1 radical (unpaired) electrons. The summed E-state index contributed by atoms with van der Waals surface area (Å²) in [5, 5.41) is 13.6. The van der Waals surface area contributed by atoms with Gasteiger partial charge in [0.05, 0.1) is 5.76 Å². The molecule has 0 spiro atoms. The molecule has 0 aliphatic heterocycles. The maximum absolute atomic E-state index is 11.7. The van der Waals surface area contributed by atoms with Crippen LogP contribution >= 0.6 is 0 Å². The molecule has 4 aromatic rings. The van der Waals surface area contributed by atoms with E-state index in [0.29, 0.717) is 16.8 Å². The van der Waals surface area contributed by atoms with Crippen molar-refractivity contribution in [2.45, 2.75) is 59.8 Å². The van der Waals surface area contributed by atoms with Crippen molar-refractivity contribution in [1.29, 1.82) is 0 Å². The first-order chi connectivity index (χ1) is 18.3. The number of allylic oxidation sites excluding steroid dienone is 2. The Morgan fingerprint density at radius 1 is 1.00 bits per heavy atom. The molecule has 1 aliphatic carbocycles. The summed E-state index contributed by atoms with van der Waals surface area (Å²) in [6, 6.07) is 20.8. The van der Waals surface area contributed by atoms with Crippen LogP contribution in [0.3, 0.4) is 0 Å². The first-order valence-corrected chi connectivity index (χ1v) is 13.0. The molecule has 3 aromatic carbocycles. The summed E-state index contributed by atoms with van der Waals surface area (Å²) >= 11 is 0. The van der Waals surface area contributed by atoms with Gasteiger partial charge in [0.15, 0.2) is 5.78 Å². The summed E-state index contributed by atoms with van der Waals surface area (Å²) in [7, 11) is 0. The molecule has 1 heterocycles. The number of hydrogen-bond acceptors (Lipinski definition) is 3. The molecule has 5 rings (SSSR count). The molecule has 1 aromatic heterocycles. The van der Waals surface area contributed by atoms with Crippen LogP contribution in [0.25, 0.3) is 32.8 Å². The van der Waals surface area contributed by atoms with Gasteiger partial charge in [-0.2, -0.15) is 0 Å². The fourth-order valence-corrected chi connectivity index (χ4v) is 4.96. The van der Waals surface area contributed by atoms with Gasteiger partial charge in [-0.05, 0) is 48.5 Å². The van der Waals surface area contributed by atoms with Crippen LogP contribution < -0.4 is 0 Å². The number of aromatic nitrogens is 1. The Bertz CT molecular complexity index is 1480. The second kappa shape index (κ2) is 13.1. The van der Waals surface area contributed by atoms with Crippen LogP contribution in [0.15, 0.2) is 72.6 Å². The molecular weight excluding hydrogens is 635 g/mol. The van der Waals surface area contributed by atoms with E-state index in [1.807, 2.05) is 88.5 Å². The zero-order chi connectivity index (χ0) is 27.4. The van der Waals surface area contributed by atoms with Crippen molar-refractivity contribution in [3.8, 4) is 11.3 Å². The summed E-state index contributed by atoms with van der Waals surface area (Å²) in [5.41, 5.74) is 2.96. The molecule has 4 heteroatoms. The Morgan fingerprint density at radius 2 is 1.68 bits per heavy atom. The van der Waals surface area contributed by atoms with Crippen LogP contribution in [-0.4, -0.2) is 15.9 Å². The normalized spacial score (nSPS) is 14.4. The topological polar surface area (TPSA) is 50.2 Å². The van der Waals surface area contributed by atoms with Gasteiger partial charge in [0.25, 0.3) is 0 Å². The number of nitrogens with zero attached hydrogens (tertiary/aromatic N) is 1. The molecular formula is C33H36IrNO2-. The van der Waals surface area contributed by atoms with Gasteiger partial charge >= 0.3 is 0 Å². The summed E-state index contributed by atoms with van der Waals surface area (Å²) in [6.45, 7) is 8.07. The third-order valence-corrected chi connectivity index (χ3v) is 7.22. The summed E-state index contributed by atoms with van der Waals surface area (Å²) < 4.78 is 17.6. The maximum atomic E-state index is 11.7. The third-order valence-electron chi connectivity index (χ3n) is 7.22. The molecule has 0 unspecified atom stereocenters. The minimum atomic E-state index is -1.58. The van der Waals surface area contributed by atoms with Gasteiger partial charge in [0.2, 0.25) is 0 Å². The Morgan fingerprint density at radius 3 is 2.38 bits per heavy atom. The van der Waals surface area contributed by atoms with E-state index in [9.17, 15) is 9.90 Å². The van der Waals surface area contributed by atoms with Crippen LogP contribution in [0.1, 0.15) is 67.2 Å². The van der Waals surface area contributed by atoms with E-state index in [1.165, 1.54) is 6.08 Å². The molecule has 0 amide bonds. The van der Waals surface area contributed by atoms with Gasteiger partial charge < -0.3 is 10.1 Å². The summed E-state index contributed by atoms with van der Waals surface area (Å²) in [4.78, 5) is 16.3. The fourth-order valence-electron chi connectivity index (χ4n) is 4.96. The number of rotatable bonds is 7. The van der Waals surface area contributed by atoms with Crippen LogP contribution in [-0.2, 0) is 31.3 Å². The van der Waals surface area contributed by atoms with Crippen molar-refractivity contribution in [2.75, 3.05) is 0 Å². The second-order valence-electron chi connectivity index (χ2n) is 9.31. The molecule has 0 bridgehead atoms. The smallest absolute Gasteiger partial charge is 0.162 e. The van der Waals surface area contributed by atoms with Gasteiger partial charge in [-0.15, -0.1) is 29.1 Å². The predicted molar refractivity (Wildman–Crippen MR) is 150 cm³/mol. The maximum Gasteiger partial charge on any atom is 0.162 e. The van der Waals surface area contributed by atoms with Gasteiger partial charge in [-0.3, -0.25) is 4.79 Å². The van der Waals surface area contributed by atoms with Gasteiger partial charge in [-0.1, -0.05) is 86.7 Å². The zero-order valence-electron chi connectivity index (χ0n) is 24.0. The van der Waals surface area contributed by atoms with Crippen molar-refractivity contribution in [1.82, 2.24) is 4.98 Å². The minimum absolute atomic E-state index is 0. The number of hydrogen-bond donors (Lipinski definition) is 1. The Kier molecular flexibility index (Phi) is 9.16. The summed E-state index contributed by atoms with van der Waals surface area (Å²) in [5.74, 6) is 0.547. The zero-order valence-corrected chi connectivity index (χ0v) is 24.4. The first-order valence-electron chi connectivity index (χ1n) is 14.0. The van der Waals surface area contributed by atoms with Crippen molar-refractivity contribution in [3.63, 3.8) is 0 Å². The average Bonchev–Trinajstić information content (AvgIpc) is 2.93. The molecule has 195 valence electrons. The fraction of sp³-hybridized carbons (Fsp3) is 0.333. The number of carbonyl (C=O) groups excluding carboxylic acids is 1. The standard InChI is InChI=1S/C20H12N.C13H24O2.Ir/c1-2-9-16-15(5-1)12-21-20-17-10-4-7-13-6-3-8-14(19(13)17)11-18(16)20;1-5-10(6-2)12(14)9-13(15)11(7-3)8-4;/h1-9,12H,11H2;9-11,14H,5-8H2,1-4H3;/q-1;;/b;12-9-;/i11D2;;. The van der Waals surface area contributed by atoms with Crippen LogP contribution in [0.4, 0.5) is 0 Å². The number of carbonyl (C=O) groups is 1. The molecule has 0 fully saturated rings. The number of benzene rings is 3. The second-order valence-corrected chi connectivity index (χ2v) is 9.31. The predicted octanol–water partition coefficient (Wildman–Crippen LogP) is 8.63. The molecule has 1 N–H and O–H groups in total. The molecule has 1 aliphatic rings. The van der Waals surface area contributed by atoms with Gasteiger partial charge in [0, 0.05) is 47.0 Å². The molecule has 0 saturated heterocycles. The van der Waals surface area contributed by atoms with Gasteiger partial charge in [0.1, 0.15) is 0 Å². The quantitative estimate of drug-likeness (QED) is 0.122. The summed E-state index contributed by atoms with van der Waals surface area (Å²) in [6.07, 6.45) is 5.15. The van der Waals surface area contributed by atoms with Gasteiger partial charge in [-0.25, -0.2) is 0 Å². The number of aliphatic hydroxyl groups excluding tert-OH is 1. The van der Waals surface area contributed by atoms with Crippen molar-refractivity contribution < 1.29 is 32.7 Å². The number of fused-ring (bicyclic) bond motifs is 4. The van der Waals surface area contributed by atoms with Crippen molar-refractivity contribution in [2.24, 2.45) is 11.8 Å². The van der Waals surface area contributed by atoms with Crippen molar-refractivity contribution in [3.05, 3.63) is 89.8 Å². The van der Waals surface area contributed by atoms with Crippen LogP contribution in [0, 0.1) is 17.9 Å². The van der Waals surface area contributed by atoms with Crippen LogP contribution in [0.2, 0.25) is 0 Å². The first kappa shape index (κ1) is 25.8. The van der Waals surface area contributed by atoms with E-state index in [0.717, 1.165) is 52.8 Å². The average molecular weight is 673 g/mol. The van der Waals surface area contributed by atoms with Crippen molar-refractivity contribution >= 4 is 27.3 Å². The number of ketones is 1. The molecule has 0 saturated carbocycles. The Labute approximate surface area is 237 Å². The van der Waals surface area contributed by atoms with E-state index < -0.39 is 6.37 Å². The largest absolute Gasteiger partial charge is 0.512 e. The Hall–Kier alpha value is -2.81. The van der Waals surface area contributed by atoms with E-state index >= 15 is 0 Å². The SMILES string of the molecule is CCC(CC)C(=O)/C=C(\O)C(CC)CC.[2H]C1([2H])c2c(ncc3ccccc23)-c2[c-]ccc3cccc1c23.[Ir]. The molecule has 3 nitrogen and oxygen atoms in total. The minimum Gasteiger partial charge on any atom is -0.512 e. The third kappa shape index (κ3) is 6.03. The molecule has 37 heavy (non-hydrogen) atoms. The van der Waals surface area contributed by atoms with E-state index in [2.05, 4.69) is 11.1 Å². The number of pyridine rings is 1. The van der Waals surface area contributed by atoms with E-state index in [1.54, 1.807) is 0 Å². The van der Waals surface area contributed by atoms with Crippen LogP contribution in [0.5, 0.6) is 0 Å². The Balaban J connectivity index is 0.000000233. The monoisotopic (exact) mass is 673 g/mol.